The molecule has 10 nitrogen and oxygen atoms in total. The Morgan fingerprint density at radius 3 is 2.60 bits per heavy atom. The Labute approximate surface area is 177 Å². The lowest BCUT2D eigenvalue weighted by Crippen LogP contribution is -2.20. The minimum atomic E-state index is -0.342. The number of ether oxygens (including phenoxy) is 2. The Morgan fingerprint density at radius 1 is 1.20 bits per heavy atom. The number of carbonyl (C=O) groups is 2. The molecule has 1 N–H and O–H groups in total. The highest BCUT2D eigenvalue weighted by Gasteiger charge is 2.12. The molecule has 11 heteroatoms. The molecule has 1 amide bonds. The van der Waals surface area contributed by atoms with E-state index in [4.69, 9.17) is 9.47 Å². The third-order valence-electron chi connectivity index (χ3n) is 3.97. The minimum Gasteiger partial charge on any atom is -0.491 e. The van der Waals surface area contributed by atoms with Crippen molar-refractivity contribution in [2.45, 2.75) is 17.8 Å². The van der Waals surface area contributed by atoms with Crippen molar-refractivity contribution >= 4 is 29.1 Å². The highest BCUT2D eigenvalue weighted by Crippen LogP contribution is 2.29. The Balaban J connectivity index is 1.59. The van der Waals surface area contributed by atoms with Gasteiger partial charge >= 0.3 is 0 Å². The van der Waals surface area contributed by atoms with Crippen molar-refractivity contribution in [2.24, 2.45) is 7.05 Å². The zero-order chi connectivity index (χ0) is 21.5. The number of rotatable bonds is 9. The van der Waals surface area contributed by atoms with Crippen LogP contribution < -0.4 is 14.8 Å². The van der Waals surface area contributed by atoms with Crippen molar-refractivity contribution < 1.29 is 19.1 Å². The molecular formula is C19H20N6O4S. The zero-order valence-electron chi connectivity index (χ0n) is 16.7. The lowest BCUT2D eigenvalue weighted by molar-refractivity contribution is -0.118. The van der Waals surface area contributed by atoms with Gasteiger partial charge in [0.15, 0.2) is 23.9 Å². The molecule has 0 radical (unpaired) electrons. The summed E-state index contributed by atoms with van der Waals surface area (Å²) in [5.41, 5.74) is 1.87. The van der Waals surface area contributed by atoms with Crippen LogP contribution in [-0.4, -0.2) is 50.6 Å². The number of ketones is 1. The SMILES string of the molecule is COc1cnc(CSc2nnnn2C)cc1OCC(=O)Nc1ccc(C(C)=O)cc1. The average Bonchev–Trinajstić information content (AvgIpc) is 3.16. The van der Waals surface area contributed by atoms with Gasteiger partial charge in [0, 0.05) is 30.1 Å². The second-order valence-electron chi connectivity index (χ2n) is 6.17. The standard InChI is InChI=1S/C19H20N6O4S/c1-12(26)13-4-6-14(7-5-13)21-18(27)10-29-16-8-15(20-9-17(16)28-3)11-30-19-22-23-24-25(19)2/h4-9H,10-11H2,1-3H3,(H,21,27). The van der Waals surface area contributed by atoms with Gasteiger partial charge in [0.25, 0.3) is 5.91 Å². The molecule has 0 aliphatic carbocycles. The number of amides is 1. The Kier molecular flexibility index (Phi) is 6.96. The van der Waals surface area contributed by atoms with Crippen LogP contribution in [0.25, 0.3) is 0 Å². The molecular weight excluding hydrogens is 408 g/mol. The predicted octanol–water partition coefficient (Wildman–Crippen LogP) is 2.13. The molecule has 0 bridgehead atoms. The summed E-state index contributed by atoms with van der Waals surface area (Å²) < 4.78 is 12.5. The van der Waals surface area contributed by atoms with Crippen LogP contribution in [0.4, 0.5) is 5.69 Å². The first-order chi connectivity index (χ1) is 14.5. The molecule has 3 aromatic rings. The van der Waals surface area contributed by atoms with Gasteiger partial charge in [0.1, 0.15) is 0 Å². The zero-order valence-corrected chi connectivity index (χ0v) is 17.5. The molecule has 0 spiro atoms. The molecule has 30 heavy (non-hydrogen) atoms. The molecule has 0 fully saturated rings. The molecule has 2 heterocycles. The number of hydrogen-bond donors (Lipinski definition) is 1. The van der Waals surface area contributed by atoms with Gasteiger partial charge in [0.2, 0.25) is 5.16 Å². The third-order valence-corrected chi connectivity index (χ3v) is 5.02. The minimum absolute atomic E-state index is 0.0367. The number of tetrazole rings is 1. The normalized spacial score (nSPS) is 10.5. The van der Waals surface area contributed by atoms with Gasteiger partial charge in [-0.15, -0.1) is 5.10 Å². The van der Waals surface area contributed by atoms with E-state index in [-0.39, 0.29) is 18.3 Å². The van der Waals surface area contributed by atoms with Crippen molar-refractivity contribution in [3.63, 3.8) is 0 Å². The third kappa shape index (κ3) is 5.54. The molecule has 0 saturated heterocycles. The number of nitrogens with one attached hydrogen (secondary N) is 1. The first kappa shape index (κ1) is 21.2. The van der Waals surface area contributed by atoms with Gasteiger partial charge in [-0.05, 0) is 41.6 Å². The van der Waals surface area contributed by atoms with Gasteiger partial charge in [-0.2, -0.15) is 0 Å². The fraction of sp³-hybridized carbons (Fsp3) is 0.263. The number of anilines is 1. The summed E-state index contributed by atoms with van der Waals surface area (Å²) in [4.78, 5) is 27.9. The smallest absolute Gasteiger partial charge is 0.262 e. The second-order valence-corrected chi connectivity index (χ2v) is 7.11. The van der Waals surface area contributed by atoms with Crippen molar-refractivity contribution in [1.82, 2.24) is 25.2 Å². The van der Waals surface area contributed by atoms with Gasteiger partial charge in [-0.1, -0.05) is 11.8 Å². The molecule has 156 valence electrons. The number of hydrogen-bond acceptors (Lipinski definition) is 9. The first-order valence-corrected chi connectivity index (χ1v) is 9.86. The van der Waals surface area contributed by atoms with Crippen LogP contribution in [0, 0.1) is 0 Å². The number of Topliss-reactive ketones (excluding diaryl/α,β-unsaturated/α-hetero) is 1. The number of aromatic nitrogens is 5. The number of thioether (sulfide) groups is 1. The summed E-state index contributed by atoms with van der Waals surface area (Å²) in [6.07, 6.45) is 1.54. The summed E-state index contributed by atoms with van der Waals surface area (Å²) >= 11 is 1.42. The molecule has 0 unspecified atom stereocenters. The lowest BCUT2D eigenvalue weighted by Gasteiger charge is -2.12. The van der Waals surface area contributed by atoms with E-state index in [0.29, 0.717) is 33.7 Å². The summed E-state index contributed by atoms with van der Waals surface area (Å²) in [6, 6.07) is 8.35. The molecule has 0 atom stereocenters. The fourth-order valence-electron chi connectivity index (χ4n) is 2.42. The van der Waals surface area contributed by atoms with E-state index < -0.39 is 0 Å². The van der Waals surface area contributed by atoms with Crippen molar-refractivity contribution in [3.8, 4) is 11.5 Å². The lowest BCUT2D eigenvalue weighted by atomic mass is 10.1. The molecule has 0 aliphatic rings. The van der Waals surface area contributed by atoms with Crippen LogP contribution in [0.3, 0.4) is 0 Å². The fourth-order valence-corrected chi connectivity index (χ4v) is 3.17. The van der Waals surface area contributed by atoms with E-state index in [1.54, 1.807) is 48.3 Å². The number of carbonyl (C=O) groups excluding carboxylic acids is 2. The number of aryl methyl sites for hydroxylation is 1. The van der Waals surface area contributed by atoms with Crippen LogP contribution in [0.1, 0.15) is 23.0 Å². The van der Waals surface area contributed by atoms with Gasteiger partial charge in [-0.25, -0.2) is 4.68 Å². The van der Waals surface area contributed by atoms with Crippen molar-refractivity contribution in [3.05, 3.63) is 47.8 Å². The molecule has 0 aliphatic heterocycles. The predicted molar refractivity (Wildman–Crippen MR) is 110 cm³/mol. The van der Waals surface area contributed by atoms with Crippen LogP contribution in [0.15, 0.2) is 41.7 Å². The molecule has 3 rings (SSSR count). The van der Waals surface area contributed by atoms with E-state index in [2.05, 4.69) is 25.8 Å². The molecule has 0 saturated carbocycles. The topological polar surface area (TPSA) is 121 Å². The van der Waals surface area contributed by atoms with E-state index in [1.165, 1.54) is 25.8 Å². The van der Waals surface area contributed by atoms with Crippen LogP contribution >= 0.6 is 11.8 Å². The van der Waals surface area contributed by atoms with Crippen LogP contribution in [-0.2, 0) is 17.6 Å². The largest absolute Gasteiger partial charge is 0.491 e. The maximum Gasteiger partial charge on any atom is 0.262 e. The Bertz CT molecular complexity index is 1040. The monoisotopic (exact) mass is 428 g/mol. The van der Waals surface area contributed by atoms with E-state index >= 15 is 0 Å². The quantitative estimate of drug-likeness (QED) is 0.403. The van der Waals surface area contributed by atoms with Gasteiger partial charge in [0.05, 0.1) is 19.0 Å². The van der Waals surface area contributed by atoms with Crippen LogP contribution in [0.2, 0.25) is 0 Å². The summed E-state index contributed by atoms with van der Waals surface area (Å²) in [7, 11) is 3.25. The number of benzene rings is 1. The maximum absolute atomic E-state index is 12.2. The number of methoxy groups -OCH3 is 1. The Morgan fingerprint density at radius 2 is 1.97 bits per heavy atom. The van der Waals surface area contributed by atoms with E-state index in [1.807, 2.05) is 0 Å². The van der Waals surface area contributed by atoms with E-state index in [9.17, 15) is 9.59 Å². The maximum atomic E-state index is 12.2. The van der Waals surface area contributed by atoms with Gasteiger partial charge < -0.3 is 14.8 Å². The molecule has 1 aromatic carbocycles. The summed E-state index contributed by atoms with van der Waals surface area (Å²) in [5, 5.41) is 14.7. The van der Waals surface area contributed by atoms with Crippen LogP contribution in [0.5, 0.6) is 11.5 Å². The highest BCUT2D eigenvalue weighted by molar-refractivity contribution is 7.98. The van der Waals surface area contributed by atoms with Crippen molar-refractivity contribution in [2.75, 3.05) is 19.0 Å². The average molecular weight is 428 g/mol. The van der Waals surface area contributed by atoms with Crippen molar-refractivity contribution in [1.29, 1.82) is 0 Å². The molecule has 2 aromatic heterocycles. The van der Waals surface area contributed by atoms with E-state index in [0.717, 1.165) is 5.69 Å². The first-order valence-electron chi connectivity index (χ1n) is 8.88. The summed E-state index contributed by atoms with van der Waals surface area (Å²) in [5.74, 6) is 0.961. The number of nitrogens with zero attached hydrogens (tertiary/aromatic N) is 5. The number of pyridine rings is 1. The highest BCUT2D eigenvalue weighted by atomic mass is 32.2. The summed E-state index contributed by atoms with van der Waals surface area (Å²) in [6.45, 7) is 1.27. The second kappa shape index (κ2) is 9.83. The van der Waals surface area contributed by atoms with Gasteiger partial charge in [-0.3, -0.25) is 14.6 Å². The Hall–Kier alpha value is -3.47.